The summed E-state index contributed by atoms with van der Waals surface area (Å²) >= 11 is 0. The van der Waals surface area contributed by atoms with Crippen molar-refractivity contribution in [2.45, 2.75) is 5.41 Å². The summed E-state index contributed by atoms with van der Waals surface area (Å²) in [4.78, 5) is 4.55. The summed E-state index contributed by atoms with van der Waals surface area (Å²) in [6.07, 6.45) is 0. The van der Waals surface area contributed by atoms with Crippen LogP contribution in [-0.4, -0.2) is 0 Å². The van der Waals surface area contributed by atoms with Crippen LogP contribution in [-0.2, 0) is 5.41 Å². The third-order valence-corrected chi connectivity index (χ3v) is 13.1. The van der Waals surface area contributed by atoms with Crippen LogP contribution in [0, 0.1) is 0 Å². The minimum Gasteiger partial charge on any atom is -0.456 e. The van der Waals surface area contributed by atoms with Crippen LogP contribution in [0.15, 0.2) is 247 Å². The van der Waals surface area contributed by atoms with Gasteiger partial charge in [0.15, 0.2) is 0 Å². The Hall–Kier alpha value is -8.40. The van der Waals surface area contributed by atoms with E-state index in [4.69, 9.17) is 11.3 Å². The van der Waals surface area contributed by atoms with E-state index >= 15 is 0 Å². The minimum atomic E-state index is -0.678. The van der Waals surface area contributed by atoms with Crippen LogP contribution < -0.4 is 9.80 Å². The molecule has 0 N–H and O–H groups in total. The van der Waals surface area contributed by atoms with Crippen molar-refractivity contribution in [2.75, 3.05) is 9.80 Å². The van der Waals surface area contributed by atoms with E-state index in [9.17, 15) is 0 Å². The molecule has 1 heterocycles. The van der Waals surface area contributed by atoms with E-state index in [1.165, 1.54) is 38.9 Å². The standard InChI is InChI=1S/C61H40N2O/c1-4-16-41(17-5-1)42-28-30-45(31-29-42)63(48-34-37-54-53-24-12-15-27-59(53)64-60(54)40-48)47-33-36-52-50-23-11-14-26-56(50)61(58(52)39-47)55-25-13-10-22-49(55)51-35-32-46(38-57(51)61)62(43-18-6-2-7-19-43)44-20-8-3-9-21-44/h1-40H/i1D,4D,5D,16D,17D. The molecule has 13 rings (SSSR count). The summed E-state index contributed by atoms with van der Waals surface area (Å²) < 4.78 is 48.9. The van der Waals surface area contributed by atoms with Crippen molar-refractivity contribution in [1.82, 2.24) is 0 Å². The van der Waals surface area contributed by atoms with Gasteiger partial charge in [-0.15, -0.1) is 0 Å². The maximum Gasteiger partial charge on any atom is 0.137 e. The Morgan fingerprint density at radius 2 is 0.781 bits per heavy atom. The van der Waals surface area contributed by atoms with Crippen LogP contribution in [0.2, 0.25) is 0 Å². The van der Waals surface area contributed by atoms with E-state index in [1.54, 1.807) is 0 Å². The van der Waals surface area contributed by atoms with Gasteiger partial charge in [-0.1, -0.05) is 158 Å². The van der Waals surface area contributed by atoms with Gasteiger partial charge in [-0.2, -0.15) is 0 Å². The number of anilines is 6. The SMILES string of the molecule is [2H]c1c([2H])c([2H])c(-c2ccc(N(c3ccc4c(c3)C3(c5ccccc5-c5ccc(N(c6ccccc6)c6ccccc6)cc53)c3ccccc3-4)c3ccc4c(c3)oc3ccccc34)cc2)c([2H])c1[2H]. The Labute approximate surface area is 379 Å². The largest absolute Gasteiger partial charge is 0.456 e. The molecule has 0 fully saturated rings. The highest BCUT2D eigenvalue weighted by molar-refractivity contribution is 6.06. The molecule has 10 aromatic carbocycles. The Morgan fingerprint density at radius 1 is 0.328 bits per heavy atom. The molecule has 0 saturated carbocycles. The first kappa shape index (κ1) is 31.4. The van der Waals surface area contributed by atoms with E-state index in [0.29, 0.717) is 5.56 Å². The second kappa shape index (κ2) is 14.3. The van der Waals surface area contributed by atoms with Gasteiger partial charge in [0.25, 0.3) is 0 Å². The van der Waals surface area contributed by atoms with Gasteiger partial charge in [-0.3, -0.25) is 0 Å². The van der Waals surface area contributed by atoms with Crippen molar-refractivity contribution in [3.63, 3.8) is 0 Å². The molecule has 300 valence electrons. The van der Waals surface area contributed by atoms with Crippen molar-refractivity contribution < 1.29 is 11.3 Å². The highest BCUT2D eigenvalue weighted by atomic mass is 16.3. The molecular weight excluding hydrogens is 777 g/mol. The molecule has 64 heavy (non-hydrogen) atoms. The fraction of sp³-hybridized carbons (Fsp3) is 0.0164. The zero-order valence-electron chi connectivity index (χ0n) is 39.5. The lowest BCUT2D eigenvalue weighted by atomic mass is 9.70. The first-order valence-corrected chi connectivity index (χ1v) is 21.6. The number of hydrogen-bond donors (Lipinski definition) is 0. The van der Waals surface area contributed by atoms with Crippen molar-refractivity contribution in [3.05, 3.63) is 265 Å². The summed E-state index contributed by atoms with van der Waals surface area (Å²) in [5.41, 5.74) is 17.0. The molecule has 1 atom stereocenters. The van der Waals surface area contributed by atoms with Gasteiger partial charge in [-0.25, -0.2) is 0 Å². The molecule has 1 spiro atoms. The summed E-state index contributed by atoms with van der Waals surface area (Å²) in [5, 5.41) is 2.06. The van der Waals surface area contributed by atoms with E-state index in [1.807, 2.05) is 42.5 Å². The van der Waals surface area contributed by atoms with E-state index < -0.39 is 11.5 Å². The maximum atomic E-state index is 8.74. The van der Waals surface area contributed by atoms with E-state index in [-0.39, 0.29) is 29.7 Å². The minimum absolute atomic E-state index is 0.163. The third kappa shape index (κ3) is 5.41. The molecule has 1 aromatic heterocycles. The molecule has 0 radical (unpaired) electrons. The van der Waals surface area contributed by atoms with Gasteiger partial charge in [0, 0.05) is 51.0 Å². The zero-order valence-corrected chi connectivity index (χ0v) is 34.5. The second-order valence-electron chi connectivity index (χ2n) is 16.5. The van der Waals surface area contributed by atoms with Crippen LogP contribution in [0.4, 0.5) is 34.1 Å². The van der Waals surface area contributed by atoms with Crippen LogP contribution in [0.3, 0.4) is 0 Å². The number of nitrogens with zero attached hydrogens (tertiary/aromatic N) is 2. The van der Waals surface area contributed by atoms with Gasteiger partial charge < -0.3 is 14.2 Å². The summed E-state index contributed by atoms with van der Waals surface area (Å²) in [5.74, 6) is 0. The Bertz CT molecular complexity index is 3790. The number of fused-ring (bicyclic) bond motifs is 13. The number of hydrogen-bond acceptors (Lipinski definition) is 3. The topological polar surface area (TPSA) is 19.6 Å². The lowest BCUT2D eigenvalue weighted by Crippen LogP contribution is -2.26. The summed E-state index contributed by atoms with van der Waals surface area (Å²) in [6.45, 7) is 0. The Balaban J connectivity index is 1.04. The van der Waals surface area contributed by atoms with Gasteiger partial charge in [-0.05, 0) is 134 Å². The molecule has 0 amide bonds. The number of para-hydroxylation sites is 3. The van der Waals surface area contributed by atoms with Crippen molar-refractivity contribution in [2.24, 2.45) is 0 Å². The molecular formula is C61H40N2O. The molecule has 0 aliphatic heterocycles. The lowest BCUT2D eigenvalue weighted by Gasteiger charge is -2.33. The van der Waals surface area contributed by atoms with Gasteiger partial charge in [0.05, 0.1) is 12.3 Å². The van der Waals surface area contributed by atoms with Gasteiger partial charge in [0.2, 0.25) is 0 Å². The van der Waals surface area contributed by atoms with Crippen LogP contribution >= 0.6 is 0 Å². The lowest BCUT2D eigenvalue weighted by molar-refractivity contribution is 0.669. The van der Waals surface area contributed by atoms with E-state index in [0.717, 1.165) is 61.6 Å². The predicted octanol–water partition coefficient (Wildman–Crippen LogP) is 16.5. The quantitative estimate of drug-likeness (QED) is 0.160. The molecule has 1 unspecified atom stereocenters. The molecule has 3 nitrogen and oxygen atoms in total. The second-order valence-corrected chi connectivity index (χ2v) is 16.5. The first-order valence-electron chi connectivity index (χ1n) is 24.1. The summed E-state index contributed by atoms with van der Waals surface area (Å²) in [7, 11) is 0. The molecule has 0 saturated heterocycles. The van der Waals surface area contributed by atoms with Crippen LogP contribution in [0.25, 0.3) is 55.3 Å². The fourth-order valence-corrected chi connectivity index (χ4v) is 10.5. The highest BCUT2D eigenvalue weighted by Crippen LogP contribution is 2.64. The molecule has 2 aliphatic rings. The predicted molar refractivity (Wildman–Crippen MR) is 265 cm³/mol. The van der Waals surface area contributed by atoms with Crippen molar-refractivity contribution >= 4 is 56.1 Å². The first-order chi connectivity index (χ1) is 33.8. The average molecular weight is 822 g/mol. The average Bonchev–Trinajstić information content (AvgIpc) is 4.02. The smallest absolute Gasteiger partial charge is 0.137 e. The van der Waals surface area contributed by atoms with E-state index in [2.05, 4.69) is 180 Å². The van der Waals surface area contributed by atoms with Gasteiger partial charge >= 0.3 is 0 Å². The Morgan fingerprint density at radius 3 is 1.41 bits per heavy atom. The normalized spacial score (nSPS) is 15.4. The number of rotatable bonds is 7. The van der Waals surface area contributed by atoms with Crippen molar-refractivity contribution in [1.29, 1.82) is 0 Å². The third-order valence-electron chi connectivity index (χ3n) is 13.1. The maximum absolute atomic E-state index is 8.74. The van der Waals surface area contributed by atoms with Crippen LogP contribution in [0.5, 0.6) is 0 Å². The van der Waals surface area contributed by atoms with Crippen molar-refractivity contribution in [3.8, 4) is 33.4 Å². The molecule has 0 bridgehead atoms. The Kier molecular flexibility index (Phi) is 7.04. The number of benzene rings is 10. The highest BCUT2D eigenvalue weighted by Gasteiger charge is 2.52. The molecule has 2 aliphatic carbocycles. The fourth-order valence-electron chi connectivity index (χ4n) is 10.5. The molecule has 11 aromatic rings. The van der Waals surface area contributed by atoms with Crippen LogP contribution in [0.1, 0.15) is 29.1 Å². The monoisotopic (exact) mass is 821 g/mol. The van der Waals surface area contributed by atoms with Gasteiger partial charge in [0.1, 0.15) is 11.2 Å². The summed E-state index contributed by atoms with van der Waals surface area (Å²) in [6, 6.07) is 72.9. The zero-order chi connectivity index (χ0) is 46.5. The number of furan rings is 1. The molecule has 3 heteroatoms.